The second-order valence-corrected chi connectivity index (χ2v) is 9.94. The number of aromatic carboxylic acids is 1. The summed E-state index contributed by atoms with van der Waals surface area (Å²) in [7, 11) is 0. The average molecular weight is 604 g/mol. The highest BCUT2D eigenvalue weighted by Gasteiger charge is 2.44. The summed E-state index contributed by atoms with van der Waals surface area (Å²) in [6.45, 7) is 1.64. The number of hydrogen-bond acceptors (Lipinski definition) is 7. The molecule has 0 saturated carbocycles. The van der Waals surface area contributed by atoms with Crippen LogP contribution in [0.15, 0.2) is 60.8 Å². The first-order valence-corrected chi connectivity index (χ1v) is 13.1. The molecule has 1 aliphatic heterocycles. The van der Waals surface area contributed by atoms with E-state index in [1.807, 2.05) is 0 Å². The largest absolute Gasteiger partial charge is 0.586 e. The van der Waals surface area contributed by atoms with E-state index in [0.717, 1.165) is 4.68 Å². The number of fused-ring (bicyclic) bond motifs is 2. The summed E-state index contributed by atoms with van der Waals surface area (Å²) in [6, 6.07) is 12.6. The average Bonchev–Trinajstić information content (AvgIpc) is 3.50. The number of hydrogen-bond donors (Lipinski definition) is 1. The third-order valence-electron chi connectivity index (χ3n) is 7.02. The molecule has 1 aliphatic carbocycles. The first-order chi connectivity index (χ1) is 20.4. The maximum absolute atomic E-state index is 14.1. The maximum atomic E-state index is 14.1. The summed E-state index contributed by atoms with van der Waals surface area (Å²) in [6.07, 6.45) is -7.73. The molecule has 1 unspecified atom stereocenters. The standard InChI is InChI=1S/C29H22F5N3O6/c1-15(17-7-10-21-23(13-17)43-29(33,34)42-21)40-24-14-18(11-12-35-24)37-25-20(26(36-37)28(30,31)32)3-2-4-22(25)41-19-8-5-16(6-9-19)27(38)39/h5-15,22H,2-4H2,1H3,(H,38,39)/t15-,22?/m1/s1. The van der Waals surface area contributed by atoms with Crippen molar-refractivity contribution in [3.8, 4) is 28.8 Å². The van der Waals surface area contributed by atoms with E-state index in [0.29, 0.717) is 24.2 Å². The lowest BCUT2D eigenvalue weighted by atomic mass is 9.93. The fraction of sp³-hybridized carbons (Fsp3) is 0.276. The van der Waals surface area contributed by atoms with Gasteiger partial charge in [0.1, 0.15) is 18.0 Å². The molecule has 0 spiro atoms. The molecule has 6 rings (SSSR count). The Hall–Kier alpha value is -4.88. The fourth-order valence-corrected chi connectivity index (χ4v) is 5.08. The molecule has 2 aromatic heterocycles. The topological polar surface area (TPSA) is 105 Å². The quantitative estimate of drug-likeness (QED) is 0.228. The number of carboxylic acid groups (broad SMARTS) is 1. The minimum atomic E-state index is -4.72. The van der Waals surface area contributed by atoms with E-state index < -0.39 is 36.3 Å². The Labute approximate surface area is 240 Å². The highest BCUT2D eigenvalue weighted by molar-refractivity contribution is 5.87. The summed E-state index contributed by atoms with van der Waals surface area (Å²) in [5, 5.41) is 13.1. The number of pyridine rings is 1. The van der Waals surface area contributed by atoms with E-state index in [2.05, 4.69) is 19.6 Å². The Morgan fingerprint density at radius 1 is 1.09 bits per heavy atom. The first kappa shape index (κ1) is 28.2. The minimum absolute atomic E-state index is 0.00992. The summed E-state index contributed by atoms with van der Waals surface area (Å²) < 4.78 is 91.1. The second-order valence-electron chi connectivity index (χ2n) is 9.94. The van der Waals surface area contributed by atoms with Crippen LogP contribution < -0.4 is 18.9 Å². The molecule has 224 valence electrons. The van der Waals surface area contributed by atoms with E-state index >= 15 is 0 Å². The Balaban J connectivity index is 1.31. The van der Waals surface area contributed by atoms with Crippen LogP contribution in [-0.4, -0.2) is 32.1 Å². The number of aromatic nitrogens is 3. The van der Waals surface area contributed by atoms with Gasteiger partial charge in [0.05, 0.1) is 16.9 Å². The van der Waals surface area contributed by atoms with Gasteiger partial charge >= 0.3 is 18.4 Å². The van der Waals surface area contributed by atoms with Gasteiger partial charge in [0.15, 0.2) is 17.2 Å². The molecular formula is C29H22F5N3O6. The van der Waals surface area contributed by atoms with Crippen LogP contribution in [0.25, 0.3) is 5.69 Å². The Kier molecular flexibility index (Phi) is 6.86. The number of carboxylic acids is 1. The van der Waals surface area contributed by atoms with Crippen molar-refractivity contribution in [2.45, 2.75) is 50.9 Å². The third-order valence-corrected chi connectivity index (χ3v) is 7.02. The highest BCUT2D eigenvalue weighted by atomic mass is 19.4. The molecule has 4 aromatic rings. The van der Waals surface area contributed by atoms with Gasteiger partial charge in [-0.1, -0.05) is 6.07 Å². The van der Waals surface area contributed by atoms with Gasteiger partial charge in [-0.05, 0) is 74.2 Å². The van der Waals surface area contributed by atoms with Crippen LogP contribution in [-0.2, 0) is 12.6 Å². The van der Waals surface area contributed by atoms with Crippen molar-refractivity contribution in [2.75, 3.05) is 0 Å². The molecule has 0 fully saturated rings. The van der Waals surface area contributed by atoms with E-state index in [-0.39, 0.29) is 46.3 Å². The molecule has 0 bridgehead atoms. The van der Waals surface area contributed by atoms with Crippen molar-refractivity contribution in [1.82, 2.24) is 14.8 Å². The molecule has 1 N–H and O–H groups in total. The normalized spacial score (nSPS) is 17.7. The smallest absolute Gasteiger partial charge is 0.484 e. The summed E-state index contributed by atoms with van der Waals surface area (Å²) in [5.74, 6) is -1.07. The predicted molar refractivity (Wildman–Crippen MR) is 138 cm³/mol. The SMILES string of the molecule is C[C@@H](Oc1cc(-n2nc(C(F)(F)F)c3c2C(Oc2ccc(C(=O)O)cc2)CCC3)ccn1)c1ccc2c(c1)OC(F)(F)O2. The zero-order valence-electron chi connectivity index (χ0n) is 22.3. The van der Waals surface area contributed by atoms with Crippen molar-refractivity contribution in [1.29, 1.82) is 0 Å². The molecule has 3 heterocycles. The zero-order valence-corrected chi connectivity index (χ0v) is 22.3. The van der Waals surface area contributed by atoms with Crippen molar-refractivity contribution >= 4 is 5.97 Å². The van der Waals surface area contributed by atoms with Crippen LogP contribution in [0.1, 0.15) is 64.8 Å². The second kappa shape index (κ2) is 10.4. The lowest BCUT2D eigenvalue weighted by Crippen LogP contribution is -2.25. The monoisotopic (exact) mass is 603 g/mol. The Morgan fingerprint density at radius 2 is 1.84 bits per heavy atom. The summed E-state index contributed by atoms with van der Waals surface area (Å²) in [4.78, 5) is 15.4. The van der Waals surface area contributed by atoms with E-state index in [1.54, 1.807) is 6.92 Å². The fourth-order valence-electron chi connectivity index (χ4n) is 5.08. The molecule has 43 heavy (non-hydrogen) atoms. The molecule has 0 radical (unpaired) electrons. The molecule has 0 saturated heterocycles. The highest BCUT2D eigenvalue weighted by Crippen LogP contribution is 2.44. The van der Waals surface area contributed by atoms with E-state index in [9.17, 15) is 26.7 Å². The molecule has 2 aromatic carbocycles. The molecule has 2 aliphatic rings. The van der Waals surface area contributed by atoms with Gasteiger partial charge in [-0.15, -0.1) is 8.78 Å². The number of benzene rings is 2. The van der Waals surface area contributed by atoms with Crippen molar-refractivity contribution in [2.24, 2.45) is 0 Å². The number of halogens is 5. The van der Waals surface area contributed by atoms with Gasteiger partial charge in [0.2, 0.25) is 5.88 Å². The number of carbonyl (C=O) groups is 1. The van der Waals surface area contributed by atoms with Gasteiger partial charge < -0.3 is 24.1 Å². The molecular weight excluding hydrogens is 581 g/mol. The number of ether oxygens (including phenoxy) is 4. The molecule has 2 atom stereocenters. The van der Waals surface area contributed by atoms with Gasteiger partial charge in [0, 0.05) is 17.8 Å². The first-order valence-electron chi connectivity index (χ1n) is 13.1. The van der Waals surface area contributed by atoms with Gasteiger partial charge in [-0.2, -0.15) is 18.3 Å². The lowest BCUT2D eigenvalue weighted by molar-refractivity contribution is -0.286. The van der Waals surface area contributed by atoms with Crippen molar-refractivity contribution < 1.29 is 50.8 Å². The van der Waals surface area contributed by atoms with Crippen LogP contribution >= 0.6 is 0 Å². The van der Waals surface area contributed by atoms with Crippen LogP contribution in [0.4, 0.5) is 22.0 Å². The summed E-state index contributed by atoms with van der Waals surface area (Å²) in [5.41, 5.74) is -0.0740. The van der Waals surface area contributed by atoms with Gasteiger partial charge in [0.25, 0.3) is 0 Å². The predicted octanol–water partition coefficient (Wildman–Crippen LogP) is 6.90. The molecule has 14 heteroatoms. The number of alkyl halides is 5. The van der Waals surface area contributed by atoms with Crippen LogP contribution in [0, 0.1) is 0 Å². The van der Waals surface area contributed by atoms with Gasteiger partial charge in [-0.25, -0.2) is 14.5 Å². The Bertz CT molecular complexity index is 1690. The molecule has 9 nitrogen and oxygen atoms in total. The van der Waals surface area contributed by atoms with E-state index in [4.69, 9.17) is 14.6 Å². The van der Waals surface area contributed by atoms with E-state index in [1.165, 1.54) is 60.8 Å². The van der Waals surface area contributed by atoms with Crippen molar-refractivity contribution in [3.05, 3.63) is 88.9 Å². The number of rotatable bonds is 7. The zero-order chi connectivity index (χ0) is 30.5. The van der Waals surface area contributed by atoms with Crippen LogP contribution in [0.2, 0.25) is 0 Å². The molecule has 0 amide bonds. The Morgan fingerprint density at radius 3 is 2.56 bits per heavy atom. The maximum Gasteiger partial charge on any atom is 0.586 e. The lowest BCUT2D eigenvalue weighted by Gasteiger charge is -2.26. The van der Waals surface area contributed by atoms with Gasteiger partial charge in [-0.3, -0.25) is 0 Å². The third kappa shape index (κ3) is 5.64. The van der Waals surface area contributed by atoms with Crippen LogP contribution in [0.5, 0.6) is 23.1 Å². The van der Waals surface area contributed by atoms with Crippen molar-refractivity contribution in [3.63, 3.8) is 0 Å². The van der Waals surface area contributed by atoms with Crippen LogP contribution in [0.3, 0.4) is 0 Å². The number of nitrogens with zero attached hydrogens (tertiary/aromatic N) is 3. The summed E-state index contributed by atoms with van der Waals surface area (Å²) >= 11 is 0. The minimum Gasteiger partial charge on any atom is -0.484 e.